The zero-order valence-electron chi connectivity index (χ0n) is 32.9. The predicted octanol–water partition coefficient (Wildman–Crippen LogP) is 16.4. The van der Waals surface area contributed by atoms with E-state index in [0.717, 1.165) is 67.5 Å². The van der Waals surface area contributed by atoms with E-state index in [9.17, 15) is 0 Å². The van der Waals surface area contributed by atoms with Gasteiger partial charge in [-0.2, -0.15) is 0 Å². The maximum Gasteiger partial charge on any atom is 0.159 e. The van der Waals surface area contributed by atoms with Crippen LogP contribution >= 0.6 is 0 Å². The van der Waals surface area contributed by atoms with Crippen molar-refractivity contribution in [1.82, 2.24) is 0 Å². The molecule has 1 aliphatic rings. The van der Waals surface area contributed by atoms with E-state index in [1.807, 2.05) is 0 Å². The summed E-state index contributed by atoms with van der Waals surface area (Å²) in [5.41, 5.74) is 16.7. The first-order valence-electron chi connectivity index (χ1n) is 20.5. The van der Waals surface area contributed by atoms with E-state index in [2.05, 4.69) is 241 Å². The van der Waals surface area contributed by atoms with Gasteiger partial charge in [-0.05, 0) is 91.2 Å². The Morgan fingerprint density at radius 3 is 1.18 bits per heavy atom. The molecule has 11 rings (SSSR count). The van der Waals surface area contributed by atoms with Crippen molar-refractivity contribution in [2.45, 2.75) is 0 Å². The van der Waals surface area contributed by atoms with Gasteiger partial charge in [-0.15, -0.1) is 0 Å². The van der Waals surface area contributed by atoms with Gasteiger partial charge in [0.1, 0.15) is 5.75 Å². The van der Waals surface area contributed by atoms with E-state index in [1.54, 1.807) is 0 Å². The Bertz CT molecular complexity index is 3130. The van der Waals surface area contributed by atoms with Gasteiger partial charge in [-0.25, -0.2) is 0 Å². The summed E-state index contributed by atoms with van der Waals surface area (Å²) < 4.78 is 7.47. The fourth-order valence-corrected chi connectivity index (χ4v) is 8.76. The van der Waals surface area contributed by atoms with Crippen molar-refractivity contribution >= 4 is 27.8 Å². The fraction of sp³-hybridized carbons (Fsp3) is 0. The first-order valence-corrected chi connectivity index (χ1v) is 20.5. The summed E-state index contributed by atoms with van der Waals surface area (Å²) in [5, 5.41) is 2.39. The Morgan fingerprint density at radius 2 is 0.617 bits per heavy atom. The summed E-state index contributed by atoms with van der Waals surface area (Å²) in [7, 11) is 0. The highest BCUT2D eigenvalue weighted by molar-refractivity contribution is 6.02. The molecule has 10 aromatic rings. The van der Waals surface area contributed by atoms with Crippen molar-refractivity contribution in [1.29, 1.82) is 0 Å². The average Bonchev–Trinajstić information content (AvgIpc) is 3.48. The molecule has 0 fully saturated rings. The van der Waals surface area contributed by atoms with Crippen molar-refractivity contribution in [2.24, 2.45) is 0 Å². The van der Waals surface area contributed by atoms with E-state index < -0.39 is 0 Å². The summed E-state index contributed by atoms with van der Waals surface area (Å²) in [6.07, 6.45) is 0. The molecular formula is C58H39NO. The number of anilines is 3. The van der Waals surface area contributed by atoms with Crippen LogP contribution in [-0.4, -0.2) is 0 Å². The zero-order chi connectivity index (χ0) is 39.8. The molecule has 1 aliphatic heterocycles. The highest BCUT2D eigenvalue weighted by atomic mass is 16.5. The minimum Gasteiger partial charge on any atom is -0.453 e. The summed E-state index contributed by atoms with van der Waals surface area (Å²) >= 11 is 0. The molecule has 0 spiro atoms. The van der Waals surface area contributed by atoms with Crippen LogP contribution in [0.5, 0.6) is 11.5 Å². The van der Waals surface area contributed by atoms with Crippen molar-refractivity contribution in [3.8, 4) is 78.3 Å². The molecule has 0 amide bonds. The second-order valence-corrected chi connectivity index (χ2v) is 15.2. The molecule has 0 unspecified atom stereocenters. The van der Waals surface area contributed by atoms with Crippen LogP contribution in [-0.2, 0) is 0 Å². The second kappa shape index (κ2) is 15.1. The highest BCUT2D eigenvalue weighted by Crippen LogP contribution is 2.55. The summed E-state index contributed by atoms with van der Waals surface area (Å²) in [5.74, 6) is 1.66. The van der Waals surface area contributed by atoms with Crippen LogP contribution in [0.25, 0.3) is 77.5 Å². The van der Waals surface area contributed by atoms with Crippen LogP contribution in [0.4, 0.5) is 17.1 Å². The lowest BCUT2D eigenvalue weighted by atomic mass is 9.91. The Balaban J connectivity index is 1.07. The maximum absolute atomic E-state index is 7.47. The molecule has 60 heavy (non-hydrogen) atoms. The minimum absolute atomic E-state index is 0.809. The van der Waals surface area contributed by atoms with Gasteiger partial charge in [0.05, 0.1) is 5.69 Å². The Hall–Kier alpha value is -7.94. The van der Waals surface area contributed by atoms with Gasteiger partial charge in [0, 0.05) is 28.1 Å². The van der Waals surface area contributed by atoms with Crippen molar-refractivity contribution in [3.63, 3.8) is 0 Å². The topological polar surface area (TPSA) is 12.5 Å². The number of nitrogens with zero attached hydrogens (tertiary/aromatic N) is 1. The lowest BCUT2D eigenvalue weighted by Gasteiger charge is -2.29. The molecule has 0 atom stereocenters. The zero-order valence-corrected chi connectivity index (χ0v) is 32.9. The average molecular weight is 766 g/mol. The molecule has 0 saturated heterocycles. The molecule has 2 heteroatoms. The number of hydrogen-bond donors (Lipinski definition) is 0. The van der Waals surface area contributed by atoms with Crippen LogP contribution in [0, 0.1) is 0 Å². The third-order valence-electron chi connectivity index (χ3n) is 11.7. The lowest BCUT2D eigenvalue weighted by molar-refractivity contribution is 0.490. The molecule has 2 nitrogen and oxygen atoms in total. The number of rotatable bonds is 7. The molecular weight excluding hydrogens is 727 g/mol. The van der Waals surface area contributed by atoms with Crippen molar-refractivity contribution in [3.05, 3.63) is 237 Å². The third-order valence-corrected chi connectivity index (χ3v) is 11.7. The van der Waals surface area contributed by atoms with E-state index in [-0.39, 0.29) is 0 Å². The van der Waals surface area contributed by atoms with E-state index >= 15 is 0 Å². The second-order valence-electron chi connectivity index (χ2n) is 15.2. The van der Waals surface area contributed by atoms with Gasteiger partial charge >= 0.3 is 0 Å². The van der Waals surface area contributed by atoms with E-state index in [4.69, 9.17) is 4.74 Å². The van der Waals surface area contributed by atoms with Gasteiger partial charge in [0.15, 0.2) is 5.75 Å². The molecule has 0 saturated carbocycles. The molecule has 1 heterocycles. The van der Waals surface area contributed by atoms with Crippen LogP contribution < -0.4 is 9.64 Å². The Morgan fingerprint density at radius 1 is 0.250 bits per heavy atom. The summed E-state index contributed by atoms with van der Waals surface area (Å²) in [6.45, 7) is 0. The number of benzene rings is 10. The first-order chi connectivity index (χ1) is 29.8. The van der Waals surface area contributed by atoms with Gasteiger partial charge in [-0.3, -0.25) is 0 Å². The first kappa shape index (κ1) is 35.2. The molecule has 10 aromatic carbocycles. The Labute approximate surface area is 350 Å². The summed E-state index contributed by atoms with van der Waals surface area (Å²) in [6, 6.07) is 84.6. The largest absolute Gasteiger partial charge is 0.453 e. The van der Waals surface area contributed by atoms with E-state index in [0.29, 0.717) is 0 Å². The van der Waals surface area contributed by atoms with Crippen LogP contribution in [0.1, 0.15) is 0 Å². The fourth-order valence-electron chi connectivity index (χ4n) is 8.76. The third kappa shape index (κ3) is 6.32. The Kier molecular flexibility index (Phi) is 8.87. The molecule has 0 bridgehead atoms. The number of para-hydroxylation sites is 2. The standard InChI is InChI=1S/C58H39NO/c1-3-14-40(15-4-1)42-28-30-43(31-29-42)45-34-38-48(39-35-45)59(47-36-32-44(33-37-47)41-16-5-2-6-17-41)56-27-13-26-55-52-22-10-9-21-51(52)54-25-12-24-53(57(54)60-58(55)56)50-23-11-19-46-18-7-8-20-49(46)50/h1-39H. The minimum atomic E-state index is 0.809. The number of hydrogen-bond acceptors (Lipinski definition) is 2. The quantitative estimate of drug-likeness (QED) is 0.160. The van der Waals surface area contributed by atoms with Gasteiger partial charge < -0.3 is 9.64 Å². The monoisotopic (exact) mass is 765 g/mol. The number of fused-ring (bicyclic) bond motifs is 6. The lowest BCUT2D eigenvalue weighted by Crippen LogP contribution is -2.11. The van der Waals surface area contributed by atoms with Gasteiger partial charge in [0.2, 0.25) is 0 Å². The normalized spacial score (nSPS) is 11.5. The molecule has 0 N–H and O–H groups in total. The summed E-state index contributed by atoms with van der Waals surface area (Å²) in [4.78, 5) is 2.34. The number of ether oxygens (including phenoxy) is 1. The van der Waals surface area contributed by atoms with Crippen LogP contribution in [0.15, 0.2) is 237 Å². The van der Waals surface area contributed by atoms with Gasteiger partial charge in [0.25, 0.3) is 0 Å². The van der Waals surface area contributed by atoms with Crippen LogP contribution in [0.3, 0.4) is 0 Å². The molecule has 282 valence electrons. The maximum atomic E-state index is 7.47. The van der Waals surface area contributed by atoms with Crippen molar-refractivity contribution < 1.29 is 4.74 Å². The SMILES string of the molecule is c1ccc(-c2ccc(-c3ccc(N(c4ccc(-c5ccccc5)cc4)c4cccc5c4Oc4c(cccc4-c4cccc6ccccc46)-c4ccccc4-5)cc3)cc2)cc1. The predicted molar refractivity (Wildman–Crippen MR) is 251 cm³/mol. The molecule has 0 radical (unpaired) electrons. The van der Waals surface area contributed by atoms with E-state index in [1.165, 1.54) is 38.6 Å². The van der Waals surface area contributed by atoms with Crippen molar-refractivity contribution in [2.75, 3.05) is 4.90 Å². The molecule has 0 aliphatic carbocycles. The van der Waals surface area contributed by atoms with Crippen LogP contribution in [0.2, 0.25) is 0 Å². The molecule has 0 aromatic heterocycles. The highest BCUT2D eigenvalue weighted by Gasteiger charge is 2.28. The van der Waals surface area contributed by atoms with Gasteiger partial charge in [-0.1, -0.05) is 206 Å². The smallest absolute Gasteiger partial charge is 0.159 e.